The summed E-state index contributed by atoms with van der Waals surface area (Å²) in [6, 6.07) is 6.16. The molecule has 0 bridgehead atoms. The van der Waals surface area contributed by atoms with Crippen LogP contribution in [-0.4, -0.2) is 31.2 Å². The van der Waals surface area contributed by atoms with Crippen LogP contribution in [0.4, 0.5) is 15.3 Å². The van der Waals surface area contributed by atoms with Crippen molar-refractivity contribution in [3.05, 3.63) is 29.8 Å². The van der Waals surface area contributed by atoms with E-state index in [0.29, 0.717) is 5.69 Å². The van der Waals surface area contributed by atoms with E-state index in [0.717, 1.165) is 5.56 Å². The summed E-state index contributed by atoms with van der Waals surface area (Å²) in [4.78, 5) is 26.1. The molecule has 0 aliphatic heterocycles. The third-order valence-corrected chi connectivity index (χ3v) is 2.08. The molecular formula is C11H15N3O5. The van der Waals surface area contributed by atoms with E-state index in [1.807, 2.05) is 0 Å². The molecule has 0 aliphatic carbocycles. The van der Waals surface area contributed by atoms with Crippen LogP contribution in [0.15, 0.2) is 24.3 Å². The highest BCUT2D eigenvalue weighted by molar-refractivity contribution is 5.89. The van der Waals surface area contributed by atoms with Crippen molar-refractivity contribution in [1.29, 1.82) is 0 Å². The third kappa shape index (κ3) is 5.70. The smallest absolute Gasteiger partial charge is 0.408 e. The summed E-state index contributed by atoms with van der Waals surface area (Å²) in [6.07, 6.45) is -0.631. The van der Waals surface area contributed by atoms with Gasteiger partial charge < -0.3 is 20.7 Å². The minimum absolute atomic E-state index is 0.0758. The number of nitrogens with one attached hydrogen (secondary N) is 3. The average molecular weight is 269 g/mol. The van der Waals surface area contributed by atoms with Crippen molar-refractivity contribution in [2.24, 2.45) is 0 Å². The van der Waals surface area contributed by atoms with E-state index < -0.39 is 12.1 Å². The highest BCUT2D eigenvalue weighted by Gasteiger charge is 2.03. The van der Waals surface area contributed by atoms with Crippen molar-refractivity contribution in [3.8, 4) is 0 Å². The van der Waals surface area contributed by atoms with Crippen LogP contribution in [0.1, 0.15) is 5.56 Å². The highest BCUT2D eigenvalue weighted by Crippen LogP contribution is 2.09. The third-order valence-electron chi connectivity index (χ3n) is 2.08. The number of anilines is 1. The number of hydrogen-bond donors (Lipinski definition) is 4. The summed E-state index contributed by atoms with van der Waals surface area (Å²) < 4.78 is 4.58. The molecular weight excluding hydrogens is 254 g/mol. The van der Waals surface area contributed by atoms with Crippen LogP contribution in [0, 0.1) is 0 Å². The van der Waals surface area contributed by atoms with Gasteiger partial charge in [-0.15, -0.1) is 0 Å². The second-order valence-electron chi connectivity index (χ2n) is 3.43. The maximum atomic E-state index is 11.4. The largest absolute Gasteiger partial charge is 0.428 e. The fraction of sp³-hybridized carbons (Fsp3) is 0.273. The van der Waals surface area contributed by atoms with Crippen molar-refractivity contribution in [2.45, 2.75) is 6.61 Å². The van der Waals surface area contributed by atoms with Crippen LogP contribution in [0.2, 0.25) is 0 Å². The van der Waals surface area contributed by atoms with Gasteiger partial charge in [-0.25, -0.2) is 14.5 Å². The number of hydrogen-bond acceptors (Lipinski definition) is 5. The lowest BCUT2D eigenvalue weighted by Gasteiger charge is -2.08. The number of carbonyl (C=O) groups is 2. The Kier molecular flexibility index (Phi) is 6.13. The molecule has 104 valence electrons. The van der Waals surface area contributed by atoms with Crippen molar-refractivity contribution in [3.63, 3.8) is 0 Å². The Morgan fingerprint density at radius 3 is 2.53 bits per heavy atom. The number of rotatable bonds is 5. The van der Waals surface area contributed by atoms with Gasteiger partial charge in [0.05, 0.1) is 0 Å². The Labute approximate surface area is 109 Å². The van der Waals surface area contributed by atoms with Gasteiger partial charge in [-0.3, -0.25) is 5.26 Å². The molecule has 0 unspecified atom stereocenters. The van der Waals surface area contributed by atoms with Gasteiger partial charge in [0.15, 0.2) is 6.73 Å². The zero-order valence-electron chi connectivity index (χ0n) is 10.3. The SMILES string of the molecule is CNC(=O)OCNC(=O)Nc1ccc(COO)cc1. The van der Waals surface area contributed by atoms with Crippen molar-refractivity contribution < 1.29 is 24.5 Å². The average Bonchev–Trinajstić information content (AvgIpc) is 2.41. The molecule has 0 saturated carbocycles. The Bertz CT molecular complexity index is 421. The Hall–Kier alpha value is -2.32. The van der Waals surface area contributed by atoms with E-state index in [1.165, 1.54) is 7.05 Å². The number of urea groups is 1. The molecule has 3 amide bonds. The second-order valence-corrected chi connectivity index (χ2v) is 3.43. The molecule has 1 aromatic rings. The standard InChI is InChI=1S/C11H15N3O5/c1-12-11(16)18-7-13-10(15)14-9-4-2-8(3-5-9)6-19-17/h2-5,17H,6-7H2,1H3,(H,12,16)(H2,13,14,15). The van der Waals surface area contributed by atoms with E-state index in [1.54, 1.807) is 24.3 Å². The number of ether oxygens (including phenoxy) is 1. The maximum absolute atomic E-state index is 11.4. The molecule has 4 N–H and O–H groups in total. The summed E-state index contributed by atoms with van der Waals surface area (Å²) in [5.74, 6) is 0. The topological polar surface area (TPSA) is 109 Å². The number of benzene rings is 1. The van der Waals surface area contributed by atoms with Gasteiger partial charge in [0.1, 0.15) is 6.61 Å². The fourth-order valence-electron chi connectivity index (χ4n) is 1.17. The summed E-state index contributed by atoms with van der Waals surface area (Å²) in [5, 5.41) is 15.4. The molecule has 0 spiro atoms. The van der Waals surface area contributed by atoms with E-state index in [-0.39, 0.29) is 13.3 Å². The van der Waals surface area contributed by atoms with E-state index in [4.69, 9.17) is 5.26 Å². The molecule has 0 aliphatic rings. The zero-order chi connectivity index (χ0) is 14.1. The normalized spacial score (nSPS) is 9.58. The summed E-state index contributed by atoms with van der Waals surface area (Å²) in [5.41, 5.74) is 1.32. The van der Waals surface area contributed by atoms with Gasteiger partial charge in [0.25, 0.3) is 0 Å². The maximum Gasteiger partial charge on any atom is 0.408 e. The van der Waals surface area contributed by atoms with Crippen LogP contribution in [0.25, 0.3) is 0 Å². The van der Waals surface area contributed by atoms with Crippen LogP contribution in [-0.2, 0) is 16.2 Å². The summed E-state index contributed by atoms with van der Waals surface area (Å²) in [6.45, 7) is -0.158. The van der Waals surface area contributed by atoms with Gasteiger partial charge in [0, 0.05) is 12.7 Å². The number of carbonyl (C=O) groups excluding carboxylic acids is 2. The lowest BCUT2D eigenvalue weighted by molar-refractivity contribution is -0.253. The van der Waals surface area contributed by atoms with E-state index in [2.05, 4.69) is 25.6 Å². The van der Waals surface area contributed by atoms with Crippen LogP contribution < -0.4 is 16.0 Å². The van der Waals surface area contributed by atoms with Gasteiger partial charge >= 0.3 is 12.1 Å². The Morgan fingerprint density at radius 2 is 1.95 bits per heavy atom. The quantitative estimate of drug-likeness (QED) is 0.364. The minimum atomic E-state index is -0.631. The number of amides is 3. The first-order chi connectivity index (χ1) is 9.15. The van der Waals surface area contributed by atoms with Crippen molar-refractivity contribution in [2.75, 3.05) is 19.1 Å². The lowest BCUT2D eigenvalue weighted by atomic mass is 10.2. The molecule has 0 heterocycles. The van der Waals surface area contributed by atoms with Crippen LogP contribution >= 0.6 is 0 Å². The molecule has 0 atom stereocenters. The summed E-state index contributed by atoms with van der Waals surface area (Å²) >= 11 is 0. The Morgan fingerprint density at radius 1 is 1.26 bits per heavy atom. The van der Waals surface area contributed by atoms with Gasteiger partial charge in [-0.05, 0) is 17.7 Å². The minimum Gasteiger partial charge on any atom is -0.428 e. The summed E-state index contributed by atoms with van der Waals surface area (Å²) in [7, 11) is 1.42. The highest BCUT2D eigenvalue weighted by atomic mass is 17.1. The zero-order valence-corrected chi connectivity index (χ0v) is 10.3. The lowest BCUT2D eigenvalue weighted by Crippen LogP contribution is -2.33. The molecule has 0 aromatic heterocycles. The van der Waals surface area contributed by atoms with Crippen LogP contribution in [0.3, 0.4) is 0 Å². The molecule has 0 radical (unpaired) electrons. The van der Waals surface area contributed by atoms with Gasteiger partial charge in [-0.2, -0.15) is 0 Å². The second kappa shape index (κ2) is 7.90. The Balaban J connectivity index is 2.33. The molecule has 1 aromatic carbocycles. The molecule has 8 heteroatoms. The monoisotopic (exact) mass is 269 g/mol. The van der Waals surface area contributed by atoms with Gasteiger partial charge in [0.2, 0.25) is 0 Å². The molecule has 0 fully saturated rings. The molecule has 8 nitrogen and oxygen atoms in total. The van der Waals surface area contributed by atoms with Gasteiger partial charge in [-0.1, -0.05) is 12.1 Å². The predicted molar refractivity (Wildman–Crippen MR) is 66.4 cm³/mol. The molecule has 1 rings (SSSR count). The van der Waals surface area contributed by atoms with E-state index in [9.17, 15) is 9.59 Å². The van der Waals surface area contributed by atoms with Crippen LogP contribution in [0.5, 0.6) is 0 Å². The first-order valence-electron chi connectivity index (χ1n) is 5.40. The van der Waals surface area contributed by atoms with Crippen molar-refractivity contribution in [1.82, 2.24) is 10.6 Å². The number of alkyl carbamates (subject to hydrolysis) is 1. The molecule has 0 saturated heterocycles. The van der Waals surface area contributed by atoms with Crippen molar-refractivity contribution >= 4 is 17.8 Å². The fourth-order valence-corrected chi connectivity index (χ4v) is 1.17. The van der Waals surface area contributed by atoms with E-state index >= 15 is 0 Å². The molecule has 19 heavy (non-hydrogen) atoms. The first-order valence-corrected chi connectivity index (χ1v) is 5.40. The first kappa shape index (κ1) is 14.7. The predicted octanol–water partition coefficient (Wildman–Crippen LogP) is 1.11.